The monoisotopic (exact) mass is 357 g/mol. The third-order valence-corrected chi connectivity index (χ3v) is 3.71. The lowest BCUT2D eigenvalue weighted by Crippen LogP contribution is -2.15. The van der Waals surface area contributed by atoms with Crippen LogP contribution in [0.15, 0.2) is 28.9 Å². The Morgan fingerprint density at radius 1 is 1.45 bits per heavy atom. The Bertz CT molecular complexity index is 694. The predicted octanol–water partition coefficient (Wildman–Crippen LogP) is 3.78. The van der Waals surface area contributed by atoms with Gasteiger partial charge in [0.25, 0.3) is 5.91 Å². The standard InChI is InChI=1S/C13H10BrClFN3O/c1-6-2-7(17)3-9(11(6)16)13(20)19-8-4-10(14)12(15)18-5-8/h2-5H,17H2,1H3,(H,19,20). The number of nitrogens with zero attached hydrogens (tertiary/aromatic N) is 1. The van der Waals surface area contributed by atoms with Gasteiger partial charge in [-0.3, -0.25) is 4.79 Å². The molecule has 7 heteroatoms. The summed E-state index contributed by atoms with van der Waals surface area (Å²) in [5, 5.41) is 2.81. The molecule has 1 aromatic carbocycles. The minimum Gasteiger partial charge on any atom is -0.399 e. The molecule has 0 radical (unpaired) electrons. The molecule has 0 unspecified atom stereocenters. The molecule has 1 aromatic heterocycles. The fourth-order valence-electron chi connectivity index (χ4n) is 1.65. The zero-order valence-corrected chi connectivity index (χ0v) is 12.7. The van der Waals surface area contributed by atoms with Gasteiger partial charge >= 0.3 is 0 Å². The van der Waals surface area contributed by atoms with E-state index < -0.39 is 11.7 Å². The minimum absolute atomic E-state index is 0.117. The van der Waals surface area contributed by atoms with Gasteiger partial charge in [-0.1, -0.05) is 11.6 Å². The van der Waals surface area contributed by atoms with Crippen LogP contribution in [-0.2, 0) is 0 Å². The van der Waals surface area contributed by atoms with Gasteiger partial charge in [0.05, 0.1) is 21.9 Å². The average Bonchev–Trinajstić information content (AvgIpc) is 2.38. The summed E-state index contributed by atoms with van der Waals surface area (Å²) in [5.41, 5.74) is 6.53. The van der Waals surface area contributed by atoms with Crippen LogP contribution in [0.1, 0.15) is 15.9 Å². The van der Waals surface area contributed by atoms with Crippen molar-refractivity contribution in [1.82, 2.24) is 4.98 Å². The van der Waals surface area contributed by atoms with Crippen molar-refractivity contribution in [3.63, 3.8) is 0 Å². The van der Waals surface area contributed by atoms with Crippen LogP contribution in [0.4, 0.5) is 15.8 Å². The summed E-state index contributed by atoms with van der Waals surface area (Å²) in [6.07, 6.45) is 1.38. The molecule has 1 amide bonds. The second-order valence-corrected chi connectivity index (χ2v) is 5.36. The Balaban J connectivity index is 2.30. The lowest BCUT2D eigenvalue weighted by molar-refractivity contribution is 0.102. The van der Waals surface area contributed by atoms with Crippen molar-refractivity contribution in [1.29, 1.82) is 0 Å². The normalized spacial score (nSPS) is 10.4. The number of anilines is 2. The van der Waals surface area contributed by atoms with Crippen LogP contribution < -0.4 is 11.1 Å². The molecule has 2 rings (SSSR count). The summed E-state index contributed by atoms with van der Waals surface area (Å²) in [5.74, 6) is -1.20. The van der Waals surface area contributed by atoms with E-state index in [2.05, 4.69) is 26.2 Å². The molecule has 0 fully saturated rings. The first-order chi connectivity index (χ1) is 9.38. The average molecular weight is 359 g/mol. The number of amides is 1. The van der Waals surface area contributed by atoms with E-state index in [-0.39, 0.29) is 10.7 Å². The van der Waals surface area contributed by atoms with Crippen molar-refractivity contribution >= 4 is 44.8 Å². The zero-order valence-electron chi connectivity index (χ0n) is 10.4. The number of hydrogen-bond donors (Lipinski definition) is 2. The second-order valence-electron chi connectivity index (χ2n) is 4.15. The van der Waals surface area contributed by atoms with Crippen molar-refractivity contribution in [3.8, 4) is 0 Å². The molecule has 0 bridgehead atoms. The highest BCUT2D eigenvalue weighted by molar-refractivity contribution is 9.10. The molecule has 3 N–H and O–H groups in total. The highest BCUT2D eigenvalue weighted by Gasteiger charge is 2.15. The van der Waals surface area contributed by atoms with E-state index in [1.54, 1.807) is 13.0 Å². The van der Waals surface area contributed by atoms with Gasteiger partial charge < -0.3 is 11.1 Å². The number of carbonyl (C=O) groups excluding carboxylic acids is 1. The number of rotatable bonds is 2. The molecule has 0 atom stereocenters. The van der Waals surface area contributed by atoms with Crippen LogP contribution in [0.5, 0.6) is 0 Å². The van der Waals surface area contributed by atoms with Crippen LogP contribution in [0, 0.1) is 12.7 Å². The van der Waals surface area contributed by atoms with E-state index in [0.717, 1.165) is 0 Å². The summed E-state index contributed by atoms with van der Waals surface area (Å²) >= 11 is 8.94. The van der Waals surface area contributed by atoms with E-state index in [0.29, 0.717) is 21.4 Å². The van der Waals surface area contributed by atoms with Crippen molar-refractivity contribution < 1.29 is 9.18 Å². The predicted molar refractivity (Wildman–Crippen MR) is 80.4 cm³/mol. The molecule has 0 aliphatic carbocycles. The quantitative estimate of drug-likeness (QED) is 0.634. The molecule has 0 aliphatic rings. The van der Waals surface area contributed by atoms with E-state index in [1.807, 2.05) is 0 Å². The van der Waals surface area contributed by atoms with Crippen LogP contribution in [0.2, 0.25) is 5.15 Å². The van der Waals surface area contributed by atoms with Gasteiger partial charge in [0, 0.05) is 5.69 Å². The molecule has 0 aliphatic heterocycles. The number of aryl methyl sites for hydroxylation is 1. The van der Waals surface area contributed by atoms with Crippen molar-refractivity contribution in [3.05, 3.63) is 51.0 Å². The van der Waals surface area contributed by atoms with Crippen molar-refractivity contribution in [2.24, 2.45) is 0 Å². The topological polar surface area (TPSA) is 68.0 Å². The largest absolute Gasteiger partial charge is 0.399 e. The number of nitrogen functional groups attached to an aromatic ring is 1. The SMILES string of the molecule is Cc1cc(N)cc(C(=O)Nc2cnc(Cl)c(Br)c2)c1F. The Kier molecular flexibility index (Phi) is 4.25. The number of hydrogen-bond acceptors (Lipinski definition) is 3. The Morgan fingerprint density at radius 2 is 2.15 bits per heavy atom. The van der Waals surface area contributed by atoms with E-state index in [4.69, 9.17) is 17.3 Å². The molecule has 4 nitrogen and oxygen atoms in total. The molecule has 1 heterocycles. The molecular weight excluding hydrogens is 349 g/mol. The number of benzene rings is 1. The minimum atomic E-state index is -0.603. The molecule has 20 heavy (non-hydrogen) atoms. The third-order valence-electron chi connectivity index (χ3n) is 2.58. The van der Waals surface area contributed by atoms with Crippen molar-refractivity contribution in [2.45, 2.75) is 6.92 Å². The number of nitrogens with one attached hydrogen (secondary N) is 1. The second kappa shape index (κ2) is 5.76. The summed E-state index contributed by atoms with van der Waals surface area (Å²) in [4.78, 5) is 15.9. The van der Waals surface area contributed by atoms with Gasteiger partial charge in [-0.25, -0.2) is 9.37 Å². The lowest BCUT2D eigenvalue weighted by atomic mass is 10.1. The Hall–Kier alpha value is -1.66. The lowest BCUT2D eigenvalue weighted by Gasteiger charge is -2.09. The molecular formula is C13H10BrClFN3O. The van der Waals surface area contributed by atoms with Gasteiger partial charge in [-0.15, -0.1) is 0 Å². The van der Waals surface area contributed by atoms with Gasteiger partial charge in [0.2, 0.25) is 0 Å². The van der Waals surface area contributed by atoms with E-state index in [1.165, 1.54) is 18.3 Å². The number of aromatic nitrogens is 1. The number of halogens is 3. The number of nitrogens with two attached hydrogens (primary N) is 1. The molecule has 0 saturated heterocycles. The van der Waals surface area contributed by atoms with Gasteiger partial charge in [0.1, 0.15) is 11.0 Å². The molecule has 2 aromatic rings. The maximum absolute atomic E-state index is 13.9. The highest BCUT2D eigenvalue weighted by Crippen LogP contribution is 2.24. The molecule has 0 saturated carbocycles. The fraction of sp³-hybridized carbons (Fsp3) is 0.0769. The Labute approximate surface area is 128 Å². The van der Waals surface area contributed by atoms with Crippen molar-refractivity contribution in [2.75, 3.05) is 11.1 Å². The van der Waals surface area contributed by atoms with Crippen LogP contribution in [0.25, 0.3) is 0 Å². The van der Waals surface area contributed by atoms with Crippen LogP contribution >= 0.6 is 27.5 Å². The first-order valence-corrected chi connectivity index (χ1v) is 6.73. The number of carbonyl (C=O) groups is 1. The molecule has 0 spiro atoms. The maximum Gasteiger partial charge on any atom is 0.258 e. The van der Waals surface area contributed by atoms with Crippen LogP contribution in [-0.4, -0.2) is 10.9 Å². The summed E-state index contributed by atoms with van der Waals surface area (Å²) in [6, 6.07) is 4.33. The number of pyridine rings is 1. The summed E-state index contributed by atoms with van der Waals surface area (Å²) in [6.45, 7) is 1.54. The van der Waals surface area contributed by atoms with Gasteiger partial charge in [0.15, 0.2) is 0 Å². The van der Waals surface area contributed by atoms with Gasteiger partial charge in [-0.05, 0) is 46.6 Å². The Morgan fingerprint density at radius 3 is 2.80 bits per heavy atom. The highest BCUT2D eigenvalue weighted by atomic mass is 79.9. The fourth-order valence-corrected chi connectivity index (χ4v) is 2.10. The smallest absolute Gasteiger partial charge is 0.258 e. The zero-order chi connectivity index (χ0) is 14.9. The van der Waals surface area contributed by atoms with Gasteiger partial charge in [-0.2, -0.15) is 0 Å². The third kappa shape index (κ3) is 3.08. The first-order valence-electron chi connectivity index (χ1n) is 5.56. The summed E-state index contributed by atoms with van der Waals surface area (Å²) in [7, 11) is 0. The maximum atomic E-state index is 13.9. The molecule has 104 valence electrons. The van der Waals surface area contributed by atoms with E-state index in [9.17, 15) is 9.18 Å². The summed E-state index contributed by atoms with van der Waals surface area (Å²) < 4.78 is 14.4. The van der Waals surface area contributed by atoms with Crippen LogP contribution in [0.3, 0.4) is 0 Å². The first kappa shape index (κ1) is 14.7. The van der Waals surface area contributed by atoms with E-state index >= 15 is 0 Å².